The molecule has 0 saturated carbocycles. The lowest BCUT2D eigenvalue weighted by atomic mass is 10.2. The minimum absolute atomic E-state index is 0.518. The minimum Gasteiger partial charge on any atom is -0.481 e. The fraction of sp³-hybridized carbons (Fsp3) is 0.308. The Labute approximate surface area is 130 Å². The van der Waals surface area contributed by atoms with Gasteiger partial charge in [-0.2, -0.15) is 0 Å². The van der Waals surface area contributed by atoms with E-state index in [1.165, 1.54) is 0 Å². The molecule has 2 heterocycles. The van der Waals surface area contributed by atoms with Gasteiger partial charge in [-0.15, -0.1) is 0 Å². The van der Waals surface area contributed by atoms with E-state index >= 15 is 0 Å². The Morgan fingerprint density at radius 3 is 2.68 bits per heavy atom. The fourth-order valence-corrected chi connectivity index (χ4v) is 2.47. The second-order valence-corrected chi connectivity index (χ2v) is 5.37. The van der Waals surface area contributed by atoms with Gasteiger partial charge < -0.3 is 4.74 Å². The van der Waals surface area contributed by atoms with E-state index in [-0.39, 0.29) is 0 Å². The molecule has 0 aliphatic rings. The standard InChI is InChI=1S/C13H13ClIN3O/c1-3-9-12(15)13(14)18-10(17-9)6-8-4-5-11(19-2)16-7-8/h4-5,7H,3,6H2,1-2H3. The summed E-state index contributed by atoms with van der Waals surface area (Å²) in [5, 5.41) is 0.518. The first kappa shape index (κ1) is 14.5. The number of methoxy groups -OCH3 is 1. The van der Waals surface area contributed by atoms with Gasteiger partial charge in [0.15, 0.2) is 0 Å². The van der Waals surface area contributed by atoms with Crippen molar-refractivity contribution in [3.05, 3.63) is 44.1 Å². The van der Waals surface area contributed by atoms with Crippen molar-refractivity contribution in [3.8, 4) is 5.88 Å². The highest BCUT2D eigenvalue weighted by Crippen LogP contribution is 2.20. The Bertz CT molecular complexity index is 575. The number of aromatic nitrogens is 3. The van der Waals surface area contributed by atoms with Gasteiger partial charge in [0.25, 0.3) is 0 Å². The van der Waals surface area contributed by atoms with Gasteiger partial charge in [-0.25, -0.2) is 15.0 Å². The number of ether oxygens (including phenoxy) is 1. The van der Waals surface area contributed by atoms with E-state index < -0.39 is 0 Å². The van der Waals surface area contributed by atoms with Crippen LogP contribution in [0.25, 0.3) is 0 Å². The van der Waals surface area contributed by atoms with Crippen molar-refractivity contribution >= 4 is 34.2 Å². The maximum Gasteiger partial charge on any atom is 0.212 e. The summed E-state index contributed by atoms with van der Waals surface area (Å²) in [6.07, 6.45) is 3.22. The van der Waals surface area contributed by atoms with Crippen molar-refractivity contribution in [2.24, 2.45) is 0 Å². The van der Waals surface area contributed by atoms with Crippen LogP contribution in [0.3, 0.4) is 0 Å². The van der Waals surface area contributed by atoms with Gasteiger partial charge in [-0.1, -0.05) is 24.6 Å². The van der Waals surface area contributed by atoms with Crippen molar-refractivity contribution in [2.45, 2.75) is 19.8 Å². The lowest BCUT2D eigenvalue weighted by Crippen LogP contribution is -2.04. The maximum absolute atomic E-state index is 6.12. The molecule has 0 radical (unpaired) electrons. The molecular weight excluding hydrogens is 377 g/mol. The van der Waals surface area contributed by atoms with Crippen LogP contribution >= 0.6 is 34.2 Å². The number of hydrogen-bond donors (Lipinski definition) is 0. The molecule has 0 aliphatic carbocycles. The monoisotopic (exact) mass is 389 g/mol. The molecule has 0 unspecified atom stereocenters. The molecule has 0 amide bonds. The van der Waals surface area contributed by atoms with Gasteiger partial charge in [0.2, 0.25) is 5.88 Å². The van der Waals surface area contributed by atoms with E-state index in [0.717, 1.165) is 21.2 Å². The Balaban J connectivity index is 2.25. The van der Waals surface area contributed by atoms with Crippen molar-refractivity contribution in [2.75, 3.05) is 7.11 Å². The zero-order valence-electron chi connectivity index (χ0n) is 10.7. The van der Waals surface area contributed by atoms with Crippen LogP contribution in [-0.2, 0) is 12.8 Å². The molecule has 2 aromatic heterocycles. The summed E-state index contributed by atoms with van der Waals surface area (Å²) in [7, 11) is 1.59. The molecule has 4 nitrogen and oxygen atoms in total. The highest BCUT2D eigenvalue weighted by atomic mass is 127. The Kier molecular flexibility index (Phi) is 4.93. The largest absolute Gasteiger partial charge is 0.481 e. The van der Waals surface area contributed by atoms with Crippen LogP contribution in [0.4, 0.5) is 0 Å². The van der Waals surface area contributed by atoms with Crippen LogP contribution in [0.5, 0.6) is 5.88 Å². The number of rotatable bonds is 4. The van der Waals surface area contributed by atoms with E-state index in [1.807, 2.05) is 12.1 Å². The molecule has 0 atom stereocenters. The summed E-state index contributed by atoms with van der Waals surface area (Å²) in [5.74, 6) is 1.31. The number of nitrogens with zero attached hydrogens (tertiary/aromatic N) is 3. The second-order valence-electron chi connectivity index (χ2n) is 3.93. The predicted octanol–water partition coefficient (Wildman–Crippen LogP) is 3.29. The van der Waals surface area contributed by atoms with Crippen molar-refractivity contribution in [1.29, 1.82) is 0 Å². The summed E-state index contributed by atoms with van der Waals surface area (Å²) in [6, 6.07) is 3.77. The van der Waals surface area contributed by atoms with Crippen LogP contribution in [0.2, 0.25) is 5.15 Å². The Morgan fingerprint density at radius 2 is 2.11 bits per heavy atom. The van der Waals surface area contributed by atoms with Gasteiger partial charge in [0.1, 0.15) is 11.0 Å². The maximum atomic E-state index is 6.12. The molecular formula is C13H13ClIN3O. The molecule has 100 valence electrons. The molecule has 0 fully saturated rings. The molecule has 0 aliphatic heterocycles. The third-order valence-corrected chi connectivity index (χ3v) is 4.36. The highest BCUT2D eigenvalue weighted by Gasteiger charge is 2.10. The lowest BCUT2D eigenvalue weighted by Gasteiger charge is -2.07. The average molecular weight is 390 g/mol. The van der Waals surface area contributed by atoms with Crippen molar-refractivity contribution in [3.63, 3.8) is 0 Å². The van der Waals surface area contributed by atoms with Gasteiger partial charge in [-0.05, 0) is 34.6 Å². The molecule has 2 rings (SSSR count). The number of halogens is 2. The molecule has 0 N–H and O–H groups in total. The van der Waals surface area contributed by atoms with Crippen molar-refractivity contribution in [1.82, 2.24) is 15.0 Å². The Morgan fingerprint density at radius 1 is 1.32 bits per heavy atom. The van der Waals surface area contributed by atoms with E-state index in [1.54, 1.807) is 13.3 Å². The normalized spacial score (nSPS) is 10.5. The number of hydrogen-bond acceptors (Lipinski definition) is 4. The molecule has 6 heteroatoms. The van der Waals surface area contributed by atoms with Crippen LogP contribution in [-0.4, -0.2) is 22.1 Å². The summed E-state index contributed by atoms with van der Waals surface area (Å²) in [6.45, 7) is 2.06. The first-order chi connectivity index (χ1) is 9.13. The first-order valence-corrected chi connectivity index (χ1v) is 7.29. The fourth-order valence-electron chi connectivity index (χ4n) is 1.64. The summed E-state index contributed by atoms with van der Waals surface area (Å²) in [5.41, 5.74) is 2.01. The van der Waals surface area contributed by atoms with Gasteiger partial charge in [-0.3, -0.25) is 0 Å². The molecule has 0 spiro atoms. The molecule has 2 aromatic rings. The minimum atomic E-state index is 0.518. The van der Waals surface area contributed by atoms with E-state index in [4.69, 9.17) is 16.3 Å². The third kappa shape index (κ3) is 3.54. The smallest absolute Gasteiger partial charge is 0.212 e. The summed E-state index contributed by atoms with van der Waals surface area (Å²) < 4.78 is 5.96. The highest BCUT2D eigenvalue weighted by molar-refractivity contribution is 14.1. The van der Waals surface area contributed by atoms with E-state index in [9.17, 15) is 0 Å². The zero-order valence-corrected chi connectivity index (χ0v) is 13.6. The lowest BCUT2D eigenvalue weighted by molar-refractivity contribution is 0.397. The molecule has 19 heavy (non-hydrogen) atoms. The van der Waals surface area contributed by atoms with Gasteiger partial charge in [0, 0.05) is 18.7 Å². The second kappa shape index (κ2) is 6.47. The third-order valence-electron chi connectivity index (χ3n) is 2.63. The van der Waals surface area contributed by atoms with E-state index in [2.05, 4.69) is 44.5 Å². The first-order valence-electron chi connectivity index (χ1n) is 5.83. The van der Waals surface area contributed by atoms with Crippen LogP contribution < -0.4 is 4.74 Å². The van der Waals surface area contributed by atoms with Crippen LogP contribution in [0.15, 0.2) is 18.3 Å². The molecule has 0 saturated heterocycles. The van der Waals surface area contributed by atoms with Crippen molar-refractivity contribution < 1.29 is 4.74 Å². The predicted molar refractivity (Wildman–Crippen MR) is 82.7 cm³/mol. The van der Waals surface area contributed by atoms with E-state index in [0.29, 0.717) is 23.3 Å². The zero-order chi connectivity index (χ0) is 13.8. The van der Waals surface area contributed by atoms with Gasteiger partial charge >= 0.3 is 0 Å². The average Bonchev–Trinajstić information content (AvgIpc) is 2.43. The molecule has 0 aromatic carbocycles. The SMILES string of the molecule is CCc1nc(Cc2ccc(OC)nc2)nc(Cl)c1I. The Hall–Kier alpha value is -0.950. The van der Waals surface area contributed by atoms with Crippen LogP contribution in [0.1, 0.15) is 24.0 Å². The summed E-state index contributed by atoms with van der Waals surface area (Å²) >= 11 is 8.29. The number of pyridine rings is 1. The number of aryl methyl sites for hydroxylation is 1. The topological polar surface area (TPSA) is 47.9 Å². The molecule has 0 bridgehead atoms. The van der Waals surface area contributed by atoms with Crippen LogP contribution in [0, 0.1) is 3.57 Å². The van der Waals surface area contributed by atoms with Gasteiger partial charge in [0.05, 0.1) is 16.4 Å². The quantitative estimate of drug-likeness (QED) is 0.595. The summed E-state index contributed by atoms with van der Waals surface area (Å²) in [4.78, 5) is 13.0.